The second-order valence-electron chi connectivity index (χ2n) is 12.6. The van der Waals surface area contributed by atoms with Gasteiger partial charge in [-0.15, -0.1) is 0 Å². The monoisotopic (exact) mass is 671 g/mol. The van der Waals surface area contributed by atoms with E-state index in [0.29, 0.717) is 48.8 Å². The normalized spacial score (nSPS) is 10.7. The van der Waals surface area contributed by atoms with Crippen LogP contribution in [0.4, 0.5) is 11.4 Å². The number of hydrogen-bond acceptors (Lipinski definition) is 7. The molecule has 9 heteroatoms. The molecule has 0 aliphatic carbocycles. The molecule has 0 aliphatic heterocycles. The van der Waals surface area contributed by atoms with Gasteiger partial charge in [0.05, 0.1) is 25.3 Å². The topological polar surface area (TPSA) is 78.4 Å². The average molecular weight is 672 g/mol. The SMILES string of the molecule is COc1cccc(CN(Cc2cccc(OC)c2)C(=O)c2cncc(C(=O)N(Cc3ccc(N(C)C)cc3)Cc3ccc(N(C)C)cc3)c2)c1. The van der Waals surface area contributed by atoms with Crippen molar-refractivity contribution in [2.75, 3.05) is 52.2 Å². The highest BCUT2D eigenvalue weighted by Crippen LogP contribution is 2.23. The summed E-state index contributed by atoms with van der Waals surface area (Å²) in [6, 6.07) is 33.3. The lowest BCUT2D eigenvalue weighted by Gasteiger charge is -2.25. The molecule has 0 fully saturated rings. The number of benzene rings is 4. The number of pyridine rings is 1. The highest BCUT2D eigenvalue weighted by Gasteiger charge is 2.22. The van der Waals surface area contributed by atoms with E-state index in [1.165, 1.54) is 12.4 Å². The maximum atomic E-state index is 14.3. The number of nitrogens with zero attached hydrogens (tertiary/aromatic N) is 5. The second kappa shape index (κ2) is 16.5. The van der Waals surface area contributed by atoms with Crippen molar-refractivity contribution in [3.63, 3.8) is 0 Å². The molecule has 4 aromatic carbocycles. The van der Waals surface area contributed by atoms with Crippen LogP contribution in [0, 0.1) is 0 Å². The first kappa shape index (κ1) is 35.5. The van der Waals surface area contributed by atoms with Crippen molar-refractivity contribution in [2.24, 2.45) is 0 Å². The lowest BCUT2D eigenvalue weighted by Crippen LogP contribution is -2.32. The summed E-state index contributed by atoms with van der Waals surface area (Å²) in [5, 5.41) is 0. The van der Waals surface area contributed by atoms with Crippen LogP contribution in [0.3, 0.4) is 0 Å². The standard InChI is InChI=1S/C41H45N5O4/c1-43(2)36-17-13-30(14-18-36)26-45(27-31-15-19-37(20-16-31)44(3)4)40(47)34-23-35(25-42-24-34)41(48)46(28-32-9-7-11-38(21-32)49-5)29-33-10-8-12-39(22-33)50-6/h7-25H,26-29H2,1-6H3. The second-order valence-corrected chi connectivity index (χ2v) is 12.6. The molecule has 0 saturated carbocycles. The number of ether oxygens (including phenoxy) is 2. The van der Waals surface area contributed by atoms with Gasteiger partial charge in [-0.2, -0.15) is 0 Å². The molecule has 0 bridgehead atoms. The average Bonchev–Trinajstić information content (AvgIpc) is 3.14. The van der Waals surface area contributed by atoms with Crippen molar-refractivity contribution >= 4 is 23.2 Å². The number of aromatic nitrogens is 1. The largest absolute Gasteiger partial charge is 0.497 e. The first-order valence-electron chi connectivity index (χ1n) is 16.5. The third-order valence-electron chi connectivity index (χ3n) is 8.47. The summed E-state index contributed by atoms with van der Waals surface area (Å²) in [6.45, 7) is 1.42. The molecule has 0 radical (unpaired) electrons. The number of carbonyl (C=O) groups is 2. The molecular formula is C41H45N5O4. The van der Waals surface area contributed by atoms with E-state index in [-0.39, 0.29) is 11.8 Å². The molecule has 0 unspecified atom stereocenters. The van der Waals surface area contributed by atoms with Gasteiger partial charge in [0.1, 0.15) is 11.5 Å². The fourth-order valence-electron chi connectivity index (χ4n) is 5.66. The van der Waals surface area contributed by atoms with Crippen molar-refractivity contribution in [1.29, 1.82) is 0 Å². The van der Waals surface area contributed by atoms with Crippen LogP contribution in [0.15, 0.2) is 116 Å². The van der Waals surface area contributed by atoms with Crippen LogP contribution in [0.5, 0.6) is 11.5 Å². The number of rotatable bonds is 14. The Labute approximate surface area is 295 Å². The van der Waals surface area contributed by atoms with Crippen LogP contribution in [-0.4, -0.2) is 69.0 Å². The van der Waals surface area contributed by atoms with E-state index in [2.05, 4.69) is 4.98 Å². The minimum absolute atomic E-state index is 0.215. The maximum absolute atomic E-state index is 14.3. The quantitative estimate of drug-likeness (QED) is 0.127. The van der Waals surface area contributed by atoms with Gasteiger partial charge in [-0.25, -0.2) is 0 Å². The van der Waals surface area contributed by atoms with Gasteiger partial charge in [0.15, 0.2) is 0 Å². The van der Waals surface area contributed by atoms with Crippen LogP contribution in [-0.2, 0) is 26.2 Å². The highest BCUT2D eigenvalue weighted by molar-refractivity contribution is 5.99. The summed E-state index contributed by atoms with van der Waals surface area (Å²) in [4.78, 5) is 40.6. The molecule has 0 N–H and O–H groups in total. The van der Waals surface area contributed by atoms with Gasteiger partial charge in [0.2, 0.25) is 0 Å². The smallest absolute Gasteiger partial charge is 0.256 e. The Kier molecular flexibility index (Phi) is 11.7. The molecule has 5 aromatic rings. The summed E-state index contributed by atoms with van der Waals surface area (Å²) in [5.41, 5.74) is 6.64. The fourth-order valence-corrected chi connectivity index (χ4v) is 5.66. The predicted molar refractivity (Wildman–Crippen MR) is 199 cm³/mol. The number of amides is 2. The van der Waals surface area contributed by atoms with Crippen molar-refractivity contribution in [1.82, 2.24) is 14.8 Å². The third kappa shape index (κ3) is 9.19. The zero-order valence-electron chi connectivity index (χ0n) is 29.7. The Morgan fingerprint density at radius 3 is 1.26 bits per heavy atom. The van der Waals surface area contributed by atoms with Gasteiger partial charge in [0.25, 0.3) is 11.8 Å². The minimum atomic E-state index is -0.247. The number of methoxy groups -OCH3 is 2. The van der Waals surface area contributed by atoms with Crippen molar-refractivity contribution in [2.45, 2.75) is 26.2 Å². The van der Waals surface area contributed by atoms with E-state index in [1.807, 2.05) is 135 Å². The van der Waals surface area contributed by atoms with E-state index >= 15 is 0 Å². The van der Waals surface area contributed by atoms with Gasteiger partial charge in [-0.1, -0.05) is 48.5 Å². The van der Waals surface area contributed by atoms with Gasteiger partial charge in [0, 0.05) is 78.1 Å². The van der Waals surface area contributed by atoms with E-state index in [4.69, 9.17) is 9.47 Å². The molecule has 0 spiro atoms. The molecule has 258 valence electrons. The van der Waals surface area contributed by atoms with Crippen LogP contribution in [0.2, 0.25) is 0 Å². The first-order valence-corrected chi connectivity index (χ1v) is 16.5. The van der Waals surface area contributed by atoms with Gasteiger partial charge in [-0.3, -0.25) is 14.6 Å². The fraction of sp³-hybridized carbons (Fsp3) is 0.244. The highest BCUT2D eigenvalue weighted by atomic mass is 16.5. The number of anilines is 2. The van der Waals surface area contributed by atoms with Crippen LogP contribution >= 0.6 is 0 Å². The van der Waals surface area contributed by atoms with Gasteiger partial charge in [-0.05, 0) is 76.9 Å². The van der Waals surface area contributed by atoms with E-state index < -0.39 is 0 Å². The Morgan fingerprint density at radius 1 is 0.520 bits per heavy atom. The van der Waals surface area contributed by atoms with Gasteiger partial charge < -0.3 is 29.1 Å². The minimum Gasteiger partial charge on any atom is -0.497 e. The Morgan fingerprint density at radius 2 is 0.900 bits per heavy atom. The summed E-state index contributed by atoms with van der Waals surface area (Å²) >= 11 is 0. The van der Waals surface area contributed by atoms with Crippen molar-refractivity contribution in [3.05, 3.63) is 149 Å². The summed E-state index contributed by atoms with van der Waals surface area (Å²) in [5.74, 6) is 0.951. The molecule has 9 nitrogen and oxygen atoms in total. The zero-order chi connectivity index (χ0) is 35.6. The zero-order valence-corrected chi connectivity index (χ0v) is 29.7. The van der Waals surface area contributed by atoms with Gasteiger partial charge >= 0.3 is 0 Å². The predicted octanol–water partition coefficient (Wildman–Crippen LogP) is 6.92. The van der Waals surface area contributed by atoms with Crippen molar-refractivity contribution < 1.29 is 19.1 Å². The first-order chi connectivity index (χ1) is 24.1. The molecule has 1 aromatic heterocycles. The molecule has 0 saturated heterocycles. The maximum Gasteiger partial charge on any atom is 0.256 e. The molecule has 2 amide bonds. The van der Waals surface area contributed by atoms with Crippen LogP contribution < -0.4 is 19.3 Å². The Hall–Kier alpha value is -5.83. The van der Waals surface area contributed by atoms with E-state index in [9.17, 15) is 9.59 Å². The van der Waals surface area contributed by atoms with E-state index in [0.717, 1.165) is 33.6 Å². The van der Waals surface area contributed by atoms with E-state index in [1.54, 1.807) is 30.1 Å². The molecule has 0 aliphatic rings. The lowest BCUT2D eigenvalue weighted by atomic mass is 10.1. The molecule has 5 rings (SSSR count). The molecule has 50 heavy (non-hydrogen) atoms. The Bertz CT molecular complexity index is 1790. The van der Waals surface area contributed by atoms with Crippen molar-refractivity contribution in [3.8, 4) is 11.5 Å². The Balaban J connectivity index is 1.45. The van der Waals surface area contributed by atoms with Crippen LogP contribution in [0.1, 0.15) is 43.0 Å². The summed E-state index contributed by atoms with van der Waals surface area (Å²) < 4.78 is 10.9. The summed E-state index contributed by atoms with van der Waals surface area (Å²) in [6.07, 6.45) is 3.05. The molecular weight excluding hydrogens is 626 g/mol. The molecule has 0 atom stereocenters. The number of carbonyl (C=O) groups excluding carboxylic acids is 2. The molecule has 1 heterocycles. The van der Waals surface area contributed by atoms with Crippen LogP contribution in [0.25, 0.3) is 0 Å². The summed E-state index contributed by atoms with van der Waals surface area (Å²) in [7, 11) is 11.2. The lowest BCUT2D eigenvalue weighted by molar-refractivity contribution is 0.0726. The number of hydrogen-bond donors (Lipinski definition) is 0. The third-order valence-corrected chi connectivity index (χ3v) is 8.47.